The van der Waals surface area contributed by atoms with Crippen LogP contribution in [0.4, 0.5) is 4.79 Å². The maximum Gasteiger partial charge on any atom is 0.410 e. The van der Waals surface area contributed by atoms with Gasteiger partial charge < -0.3 is 9.64 Å². The van der Waals surface area contributed by atoms with Gasteiger partial charge in [-0.1, -0.05) is 0 Å². The van der Waals surface area contributed by atoms with Gasteiger partial charge in [-0.15, -0.1) is 0 Å². The van der Waals surface area contributed by atoms with Crippen molar-refractivity contribution < 1.29 is 9.53 Å². The van der Waals surface area contributed by atoms with Gasteiger partial charge in [-0.2, -0.15) is 5.26 Å². The van der Waals surface area contributed by atoms with Crippen molar-refractivity contribution in [2.24, 2.45) is 11.3 Å². The highest BCUT2D eigenvalue weighted by atomic mass is 16.6. The topological polar surface area (TPSA) is 53.3 Å². The van der Waals surface area contributed by atoms with Gasteiger partial charge in [-0.3, -0.25) is 0 Å². The third-order valence-electron chi connectivity index (χ3n) is 3.61. The van der Waals surface area contributed by atoms with E-state index in [9.17, 15) is 4.79 Å². The zero-order valence-electron chi connectivity index (χ0n) is 10.8. The van der Waals surface area contributed by atoms with Crippen LogP contribution in [0.2, 0.25) is 0 Å². The van der Waals surface area contributed by atoms with Crippen molar-refractivity contribution in [1.82, 2.24) is 4.90 Å². The second kappa shape index (κ2) is 3.90. The highest BCUT2D eigenvalue weighted by Crippen LogP contribution is 2.57. The number of piperidine rings is 1. The van der Waals surface area contributed by atoms with Crippen LogP contribution >= 0.6 is 0 Å². The first-order valence-electron chi connectivity index (χ1n) is 6.24. The lowest BCUT2D eigenvalue weighted by molar-refractivity contribution is 0.0142. The van der Waals surface area contributed by atoms with Gasteiger partial charge in [-0.25, -0.2) is 4.79 Å². The zero-order chi connectivity index (χ0) is 12.7. The molecule has 0 radical (unpaired) electrons. The van der Waals surface area contributed by atoms with E-state index < -0.39 is 5.60 Å². The smallest absolute Gasteiger partial charge is 0.410 e. The Bertz CT molecular complexity index is 367. The van der Waals surface area contributed by atoms with Crippen LogP contribution in [0.1, 0.15) is 40.0 Å². The van der Waals surface area contributed by atoms with Gasteiger partial charge >= 0.3 is 6.09 Å². The summed E-state index contributed by atoms with van der Waals surface area (Å²) in [6, 6.07) is 2.33. The molecule has 0 N–H and O–H groups in total. The zero-order valence-corrected chi connectivity index (χ0v) is 10.8. The predicted molar refractivity (Wildman–Crippen MR) is 63.2 cm³/mol. The molecule has 0 bridgehead atoms. The third kappa shape index (κ3) is 2.54. The van der Waals surface area contributed by atoms with Crippen LogP contribution in [-0.2, 0) is 4.74 Å². The van der Waals surface area contributed by atoms with Gasteiger partial charge in [0.1, 0.15) is 5.60 Å². The molecule has 2 rings (SSSR count). The molecule has 1 spiro atoms. The molecule has 0 aromatic carbocycles. The molecule has 4 nitrogen and oxygen atoms in total. The minimum absolute atomic E-state index is 0.0872. The van der Waals surface area contributed by atoms with E-state index >= 15 is 0 Å². The molecule has 2 atom stereocenters. The molecule has 2 fully saturated rings. The highest BCUT2D eigenvalue weighted by molar-refractivity contribution is 5.68. The van der Waals surface area contributed by atoms with Crippen molar-refractivity contribution >= 4 is 6.09 Å². The van der Waals surface area contributed by atoms with Gasteiger partial charge in [0, 0.05) is 18.5 Å². The van der Waals surface area contributed by atoms with Crippen LogP contribution in [0.15, 0.2) is 0 Å². The van der Waals surface area contributed by atoms with E-state index in [2.05, 4.69) is 6.07 Å². The number of carbonyl (C=O) groups is 1. The normalized spacial score (nSPS) is 32.1. The summed E-state index contributed by atoms with van der Waals surface area (Å²) in [7, 11) is 0. The van der Waals surface area contributed by atoms with Crippen LogP contribution < -0.4 is 0 Å². The van der Waals surface area contributed by atoms with Gasteiger partial charge in [0.05, 0.1) is 12.0 Å². The lowest BCUT2D eigenvalue weighted by Gasteiger charge is -2.34. The standard InChI is InChI=1S/C13H20N2O2/c1-12(2,3)17-11(16)15-6-4-5-13(9-15)7-10(13)8-14/h10H,4-7,9H2,1-3H3. The molecule has 1 aliphatic carbocycles. The average Bonchev–Trinajstić information content (AvgIpc) is 2.88. The molecule has 4 heteroatoms. The SMILES string of the molecule is CC(C)(C)OC(=O)N1CCCC2(CC2C#N)C1. The number of carbonyl (C=O) groups excluding carboxylic acids is 1. The quantitative estimate of drug-likeness (QED) is 0.649. The fourth-order valence-electron chi connectivity index (χ4n) is 2.62. The first-order valence-corrected chi connectivity index (χ1v) is 6.24. The second-order valence-corrected chi connectivity index (χ2v) is 6.25. The van der Waals surface area contributed by atoms with Gasteiger partial charge in [0.25, 0.3) is 0 Å². The molecule has 2 aliphatic rings. The fourth-order valence-corrected chi connectivity index (χ4v) is 2.62. The molecule has 1 saturated heterocycles. The first kappa shape index (κ1) is 12.2. The maximum absolute atomic E-state index is 11.9. The van der Waals surface area contributed by atoms with Gasteiger partial charge in [0.2, 0.25) is 0 Å². The number of rotatable bonds is 0. The summed E-state index contributed by atoms with van der Waals surface area (Å²) >= 11 is 0. The molecule has 17 heavy (non-hydrogen) atoms. The highest BCUT2D eigenvalue weighted by Gasteiger charge is 2.56. The lowest BCUT2D eigenvalue weighted by Crippen LogP contribution is -2.44. The second-order valence-electron chi connectivity index (χ2n) is 6.25. The Morgan fingerprint density at radius 3 is 2.76 bits per heavy atom. The predicted octanol–water partition coefficient (Wildman–Crippen LogP) is 2.55. The number of likely N-dealkylation sites (tertiary alicyclic amines) is 1. The minimum atomic E-state index is -0.445. The number of amides is 1. The Balaban J connectivity index is 1.95. The van der Waals surface area contributed by atoms with Crippen LogP contribution in [0.25, 0.3) is 0 Å². The van der Waals surface area contributed by atoms with E-state index in [4.69, 9.17) is 10.00 Å². The molecule has 94 valence electrons. The average molecular weight is 236 g/mol. The van der Waals surface area contributed by atoms with E-state index in [1.54, 1.807) is 4.90 Å². The van der Waals surface area contributed by atoms with Crippen LogP contribution in [-0.4, -0.2) is 29.7 Å². The van der Waals surface area contributed by atoms with Crippen molar-refractivity contribution in [2.75, 3.05) is 13.1 Å². The summed E-state index contributed by atoms with van der Waals surface area (Å²) in [6.07, 6.45) is 2.77. The number of nitrogens with zero attached hydrogens (tertiary/aromatic N) is 2. The number of hydrogen-bond donors (Lipinski definition) is 0. The van der Waals surface area contributed by atoms with Crippen molar-refractivity contribution in [3.63, 3.8) is 0 Å². The molecular formula is C13H20N2O2. The van der Waals surface area contributed by atoms with Crippen LogP contribution in [0, 0.1) is 22.7 Å². The van der Waals surface area contributed by atoms with E-state index in [0.717, 1.165) is 25.8 Å². The maximum atomic E-state index is 11.9. The van der Waals surface area contributed by atoms with Gasteiger partial charge in [0.15, 0.2) is 0 Å². The van der Waals surface area contributed by atoms with Crippen LogP contribution in [0.3, 0.4) is 0 Å². The van der Waals surface area contributed by atoms with E-state index in [1.165, 1.54) is 0 Å². The third-order valence-corrected chi connectivity index (χ3v) is 3.61. The molecular weight excluding hydrogens is 216 g/mol. The summed E-state index contributed by atoms with van der Waals surface area (Å²) in [6.45, 7) is 7.08. The number of hydrogen-bond acceptors (Lipinski definition) is 3. The lowest BCUT2D eigenvalue weighted by atomic mass is 9.93. The molecule has 2 unspecified atom stereocenters. The Hall–Kier alpha value is -1.24. The molecule has 0 aromatic rings. The molecule has 1 saturated carbocycles. The van der Waals surface area contributed by atoms with E-state index in [1.807, 2.05) is 20.8 Å². The van der Waals surface area contributed by atoms with Crippen molar-refractivity contribution in [3.05, 3.63) is 0 Å². The molecule has 1 amide bonds. The molecule has 1 heterocycles. The summed E-state index contributed by atoms with van der Waals surface area (Å²) in [4.78, 5) is 13.7. The summed E-state index contributed by atoms with van der Waals surface area (Å²) in [5, 5.41) is 8.95. The summed E-state index contributed by atoms with van der Waals surface area (Å²) in [5.74, 6) is 0.146. The summed E-state index contributed by atoms with van der Waals surface area (Å²) in [5.41, 5.74) is -0.357. The number of ether oxygens (including phenoxy) is 1. The number of nitriles is 1. The molecule has 0 aromatic heterocycles. The van der Waals surface area contributed by atoms with Crippen LogP contribution in [0.5, 0.6) is 0 Å². The monoisotopic (exact) mass is 236 g/mol. The Morgan fingerprint density at radius 1 is 1.53 bits per heavy atom. The Labute approximate surface area is 103 Å². The minimum Gasteiger partial charge on any atom is -0.444 e. The molecule has 1 aliphatic heterocycles. The summed E-state index contributed by atoms with van der Waals surface area (Å²) < 4.78 is 5.37. The van der Waals surface area contributed by atoms with E-state index in [-0.39, 0.29) is 17.4 Å². The Kier molecular flexibility index (Phi) is 2.81. The van der Waals surface area contributed by atoms with Crippen molar-refractivity contribution in [1.29, 1.82) is 5.26 Å². The van der Waals surface area contributed by atoms with Crippen molar-refractivity contribution in [3.8, 4) is 6.07 Å². The fraction of sp³-hybridized carbons (Fsp3) is 0.846. The van der Waals surface area contributed by atoms with Gasteiger partial charge in [-0.05, 0) is 40.0 Å². The van der Waals surface area contributed by atoms with Crippen molar-refractivity contribution in [2.45, 2.75) is 45.6 Å². The van der Waals surface area contributed by atoms with E-state index in [0.29, 0.717) is 6.54 Å². The largest absolute Gasteiger partial charge is 0.444 e. The first-order chi connectivity index (χ1) is 7.86. The Morgan fingerprint density at radius 2 is 2.24 bits per heavy atom.